The van der Waals surface area contributed by atoms with Crippen LogP contribution in [0.3, 0.4) is 0 Å². The molecule has 0 amide bonds. The molecule has 2 aromatic rings. The molecule has 0 saturated carbocycles. The summed E-state index contributed by atoms with van der Waals surface area (Å²) in [4.78, 5) is 14.9. The van der Waals surface area contributed by atoms with Gasteiger partial charge in [0.2, 0.25) is 0 Å². The van der Waals surface area contributed by atoms with Gasteiger partial charge in [-0.25, -0.2) is 9.37 Å². The average molecular weight is 261 g/mol. The Morgan fingerprint density at radius 2 is 2.05 bits per heavy atom. The first kappa shape index (κ1) is 13.2. The number of aliphatic hydroxyl groups is 1. The van der Waals surface area contributed by atoms with E-state index in [1.54, 1.807) is 12.1 Å². The Kier molecular flexibility index (Phi) is 3.87. The number of pyridine rings is 1. The van der Waals surface area contributed by atoms with Crippen molar-refractivity contribution >= 4 is 5.78 Å². The number of ketones is 1. The summed E-state index contributed by atoms with van der Waals surface area (Å²) in [5.74, 6) is -1.09. The minimum absolute atomic E-state index is 0.0104. The standard InChI is InChI=1S/C14H12FNO3/c1-9-2-4-11(5-3-9)19-14-12(15)6-10(7-16-14)13(18)8-17/h2-7,17H,8H2,1H3. The van der Waals surface area contributed by atoms with Crippen LogP contribution < -0.4 is 4.74 Å². The zero-order chi connectivity index (χ0) is 13.8. The highest BCUT2D eigenvalue weighted by Gasteiger charge is 2.11. The van der Waals surface area contributed by atoms with Crippen molar-refractivity contribution in [3.8, 4) is 11.6 Å². The Hall–Kier alpha value is -2.27. The van der Waals surface area contributed by atoms with Gasteiger partial charge in [0.05, 0.1) is 0 Å². The van der Waals surface area contributed by atoms with Crippen molar-refractivity contribution in [2.24, 2.45) is 0 Å². The van der Waals surface area contributed by atoms with E-state index in [1.807, 2.05) is 19.1 Å². The van der Waals surface area contributed by atoms with Gasteiger partial charge in [-0.1, -0.05) is 17.7 Å². The Morgan fingerprint density at radius 1 is 1.37 bits per heavy atom. The number of carbonyl (C=O) groups is 1. The van der Waals surface area contributed by atoms with Crippen LogP contribution in [0.4, 0.5) is 4.39 Å². The monoisotopic (exact) mass is 261 g/mol. The molecule has 0 unspecified atom stereocenters. The van der Waals surface area contributed by atoms with Gasteiger partial charge in [-0.3, -0.25) is 4.79 Å². The van der Waals surface area contributed by atoms with Crippen molar-refractivity contribution in [1.82, 2.24) is 4.98 Å². The summed E-state index contributed by atoms with van der Waals surface area (Å²) in [6.07, 6.45) is 1.17. The topological polar surface area (TPSA) is 59.4 Å². The number of Topliss-reactive ketones (excluding diaryl/α,β-unsaturated/α-hetero) is 1. The van der Waals surface area contributed by atoms with Gasteiger partial charge in [0.1, 0.15) is 12.4 Å². The van der Waals surface area contributed by atoms with Gasteiger partial charge in [0.25, 0.3) is 5.88 Å². The summed E-state index contributed by atoms with van der Waals surface area (Å²) < 4.78 is 19.0. The van der Waals surface area contributed by atoms with Gasteiger partial charge in [0.15, 0.2) is 11.6 Å². The summed E-state index contributed by atoms with van der Waals surface area (Å²) in [5.41, 5.74) is 1.07. The normalized spacial score (nSPS) is 10.3. The van der Waals surface area contributed by atoms with Crippen LogP contribution in [0, 0.1) is 12.7 Å². The molecule has 1 N–H and O–H groups in total. The molecule has 0 bridgehead atoms. The van der Waals surface area contributed by atoms with Crippen molar-refractivity contribution in [3.63, 3.8) is 0 Å². The summed E-state index contributed by atoms with van der Waals surface area (Å²) in [5, 5.41) is 8.68. The van der Waals surface area contributed by atoms with E-state index >= 15 is 0 Å². The highest BCUT2D eigenvalue weighted by Crippen LogP contribution is 2.23. The van der Waals surface area contributed by atoms with Crippen molar-refractivity contribution < 1.29 is 19.0 Å². The summed E-state index contributed by atoms with van der Waals surface area (Å²) in [6, 6.07) is 8.05. The molecule has 1 aromatic carbocycles. The maximum atomic E-state index is 13.7. The number of aromatic nitrogens is 1. The fourth-order valence-corrected chi connectivity index (χ4v) is 1.46. The van der Waals surface area contributed by atoms with Gasteiger partial charge < -0.3 is 9.84 Å². The van der Waals surface area contributed by atoms with Crippen LogP contribution in [0.25, 0.3) is 0 Å². The molecule has 0 spiro atoms. The van der Waals surface area contributed by atoms with E-state index in [0.29, 0.717) is 5.75 Å². The number of carbonyl (C=O) groups excluding carboxylic acids is 1. The third-order valence-corrected chi connectivity index (χ3v) is 2.51. The number of halogens is 1. The van der Waals surface area contributed by atoms with Crippen LogP contribution in [-0.4, -0.2) is 22.5 Å². The van der Waals surface area contributed by atoms with Crippen LogP contribution in [0.1, 0.15) is 15.9 Å². The van der Waals surface area contributed by atoms with Crippen LogP contribution >= 0.6 is 0 Å². The van der Waals surface area contributed by atoms with Crippen LogP contribution in [0.5, 0.6) is 11.6 Å². The van der Waals surface area contributed by atoms with E-state index in [4.69, 9.17) is 9.84 Å². The second-order valence-electron chi connectivity index (χ2n) is 4.01. The molecule has 4 nitrogen and oxygen atoms in total. The lowest BCUT2D eigenvalue weighted by Crippen LogP contribution is -2.06. The van der Waals surface area contributed by atoms with Crippen LogP contribution in [0.15, 0.2) is 36.5 Å². The molecule has 0 radical (unpaired) electrons. The van der Waals surface area contributed by atoms with Gasteiger partial charge >= 0.3 is 0 Å². The van der Waals surface area contributed by atoms with Gasteiger partial charge in [-0.15, -0.1) is 0 Å². The SMILES string of the molecule is Cc1ccc(Oc2ncc(C(=O)CO)cc2F)cc1. The molecule has 1 heterocycles. The number of rotatable bonds is 4. The molecule has 98 valence electrons. The third kappa shape index (κ3) is 3.14. The number of ether oxygens (including phenoxy) is 1. The first-order chi connectivity index (χ1) is 9.10. The maximum Gasteiger partial charge on any atom is 0.255 e. The number of nitrogens with zero attached hydrogens (tertiary/aromatic N) is 1. The smallest absolute Gasteiger partial charge is 0.255 e. The summed E-state index contributed by atoms with van der Waals surface area (Å²) in [7, 11) is 0. The van der Waals surface area contributed by atoms with Gasteiger partial charge in [-0.2, -0.15) is 0 Å². The molecule has 0 aliphatic carbocycles. The highest BCUT2D eigenvalue weighted by atomic mass is 19.1. The highest BCUT2D eigenvalue weighted by molar-refractivity contribution is 5.96. The second kappa shape index (κ2) is 5.58. The van der Waals surface area contributed by atoms with E-state index in [1.165, 1.54) is 6.20 Å². The predicted octanol–water partition coefficient (Wildman–Crippen LogP) is 2.50. The molecule has 0 aliphatic heterocycles. The van der Waals surface area contributed by atoms with E-state index in [2.05, 4.69) is 4.98 Å². The molecule has 0 fully saturated rings. The Balaban J connectivity index is 2.22. The quantitative estimate of drug-likeness (QED) is 0.859. The average Bonchev–Trinajstić information content (AvgIpc) is 2.42. The molecular formula is C14H12FNO3. The van der Waals surface area contributed by atoms with E-state index in [0.717, 1.165) is 11.6 Å². The van der Waals surface area contributed by atoms with Crippen molar-refractivity contribution in [1.29, 1.82) is 0 Å². The Morgan fingerprint density at radius 3 is 2.63 bits per heavy atom. The number of benzene rings is 1. The lowest BCUT2D eigenvalue weighted by molar-refractivity contribution is 0.0903. The van der Waals surface area contributed by atoms with E-state index in [9.17, 15) is 9.18 Å². The van der Waals surface area contributed by atoms with Gasteiger partial charge in [-0.05, 0) is 25.1 Å². The molecule has 0 atom stereocenters. The minimum Gasteiger partial charge on any atom is -0.436 e. The number of hydrogen-bond donors (Lipinski definition) is 1. The van der Waals surface area contributed by atoms with Crippen LogP contribution in [-0.2, 0) is 0 Å². The molecule has 0 aliphatic rings. The first-order valence-electron chi connectivity index (χ1n) is 5.64. The zero-order valence-electron chi connectivity index (χ0n) is 10.3. The third-order valence-electron chi connectivity index (χ3n) is 2.51. The molecule has 19 heavy (non-hydrogen) atoms. The largest absolute Gasteiger partial charge is 0.436 e. The zero-order valence-corrected chi connectivity index (χ0v) is 10.3. The first-order valence-corrected chi connectivity index (χ1v) is 5.64. The lowest BCUT2D eigenvalue weighted by atomic mass is 10.2. The fraction of sp³-hybridized carbons (Fsp3) is 0.143. The fourth-order valence-electron chi connectivity index (χ4n) is 1.46. The Bertz CT molecular complexity index is 596. The van der Waals surface area contributed by atoms with E-state index < -0.39 is 18.2 Å². The van der Waals surface area contributed by atoms with Crippen molar-refractivity contribution in [3.05, 3.63) is 53.5 Å². The molecule has 5 heteroatoms. The molecule has 0 saturated heterocycles. The van der Waals surface area contributed by atoms with E-state index in [-0.39, 0.29) is 11.4 Å². The number of aliphatic hydroxyl groups excluding tert-OH is 1. The van der Waals surface area contributed by atoms with Crippen LogP contribution in [0.2, 0.25) is 0 Å². The summed E-state index contributed by atoms with van der Waals surface area (Å²) >= 11 is 0. The Labute approximate surface area is 109 Å². The van der Waals surface area contributed by atoms with Gasteiger partial charge in [0, 0.05) is 11.8 Å². The number of aryl methyl sites for hydroxylation is 1. The molecule has 1 aromatic heterocycles. The predicted molar refractivity (Wildman–Crippen MR) is 66.9 cm³/mol. The summed E-state index contributed by atoms with van der Waals surface area (Å²) in [6.45, 7) is 1.25. The minimum atomic E-state index is -0.750. The maximum absolute atomic E-state index is 13.7. The number of hydrogen-bond acceptors (Lipinski definition) is 4. The van der Waals surface area contributed by atoms with Crippen molar-refractivity contribution in [2.45, 2.75) is 6.92 Å². The second-order valence-corrected chi connectivity index (χ2v) is 4.01. The molecule has 2 rings (SSSR count). The lowest BCUT2D eigenvalue weighted by Gasteiger charge is -2.06. The van der Waals surface area contributed by atoms with Crippen molar-refractivity contribution in [2.75, 3.05) is 6.61 Å². The molecular weight excluding hydrogens is 249 g/mol.